The van der Waals surface area contributed by atoms with E-state index >= 15 is 0 Å². The minimum atomic E-state index is -0.215. The maximum absolute atomic E-state index is 10.1. The molecule has 1 heterocycles. The third-order valence-electron chi connectivity index (χ3n) is 3.91. The molecule has 0 radical (unpaired) electrons. The standard InChI is InChI=1S/C13H22N2O/c1-13(2,3)10-4-5-12(16)11(8-10)15-7-6-14-9-15/h6-7,9-12,16H,4-5,8H2,1-3H3. The SMILES string of the molecule is CC(C)(C)C1CCC(O)C(n2ccnc2)C1. The highest BCUT2D eigenvalue weighted by molar-refractivity contribution is 4.91. The lowest BCUT2D eigenvalue weighted by Gasteiger charge is -2.40. The van der Waals surface area contributed by atoms with Crippen molar-refractivity contribution in [3.8, 4) is 0 Å². The summed E-state index contributed by atoms with van der Waals surface area (Å²) in [5, 5.41) is 10.1. The summed E-state index contributed by atoms with van der Waals surface area (Å²) in [7, 11) is 0. The van der Waals surface area contributed by atoms with E-state index in [0.29, 0.717) is 11.3 Å². The Labute approximate surface area is 97.5 Å². The number of hydrogen-bond acceptors (Lipinski definition) is 2. The number of rotatable bonds is 1. The van der Waals surface area contributed by atoms with Gasteiger partial charge in [-0.25, -0.2) is 4.98 Å². The van der Waals surface area contributed by atoms with Crippen LogP contribution in [0.4, 0.5) is 0 Å². The molecule has 2 rings (SSSR count). The van der Waals surface area contributed by atoms with Crippen LogP contribution in [0.3, 0.4) is 0 Å². The zero-order valence-corrected chi connectivity index (χ0v) is 10.4. The molecule has 1 fully saturated rings. The number of imidazole rings is 1. The third kappa shape index (κ3) is 2.29. The first-order valence-corrected chi connectivity index (χ1v) is 6.14. The Morgan fingerprint density at radius 1 is 1.31 bits per heavy atom. The summed E-state index contributed by atoms with van der Waals surface area (Å²) in [6.07, 6.45) is 8.44. The van der Waals surface area contributed by atoms with E-state index in [4.69, 9.17) is 0 Å². The van der Waals surface area contributed by atoms with Crippen LogP contribution < -0.4 is 0 Å². The van der Waals surface area contributed by atoms with Gasteiger partial charge >= 0.3 is 0 Å². The predicted octanol–water partition coefficient (Wildman–Crippen LogP) is 2.63. The lowest BCUT2D eigenvalue weighted by Crippen LogP contribution is -2.35. The maximum Gasteiger partial charge on any atom is 0.0949 e. The molecular formula is C13H22N2O. The molecule has 1 aliphatic carbocycles. The van der Waals surface area contributed by atoms with Crippen molar-refractivity contribution < 1.29 is 5.11 Å². The molecule has 1 saturated carbocycles. The lowest BCUT2D eigenvalue weighted by atomic mass is 9.70. The van der Waals surface area contributed by atoms with Gasteiger partial charge in [-0.15, -0.1) is 0 Å². The molecule has 16 heavy (non-hydrogen) atoms. The Kier molecular flexibility index (Phi) is 3.06. The summed E-state index contributed by atoms with van der Waals surface area (Å²) < 4.78 is 2.06. The molecule has 3 nitrogen and oxygen atoms in total. The normalized spacial score (nSPS) is 31.6. The van der Waals surface area contributed by atoms with Crippen molar-refractivity contribution in [2.24, 2.45) is 11.3 Å². The van der Waals surface area contributed by atoms with Crippen LogP contribution in [0.5, 0.6) is 0 Å². The first-order valence-electron chi connectivity index (χ1n) is 6.14. The highest BCUT2D eigenvalue weighted by Gasteiger charge is 2.35. The van der Waals surface area contributed by atoms with E-state index in [1.165, 1.54) is 0 Å². The first-order chi connectivity index (χ1) is 7.48. The zero-order chi connectivity index (χ0) is 11.8. The number of aliphatic hydroxyl groups is 1. The van der Waals surface area contributed by atoms with Gasteiger partial charge in [0, 0.05) is 12.4 Å². The molecule has 0 aromatic carbocycles. The first kappa shape index (κ1) is 11.6. The van der Waals surface area contributed by atoms with Crippen molar-refractivity contribution in [3.63, 3.8) is 0 Å². The van der Waals surface area contributed by atoms with Crippen LogP contribution in [0.15, 0.2) is 18.7 Å². The van der Waals surface area contributed by atoms with Crippen molar-refractivity contribution in [2.75, 3.05) is 0 Å². The van der Waals surface area contributed by atoms with E-state index in [-0.39, 0.29) is 12.1 Å². The topological polar surface area (TPSA) is 38.0 Å². The number of aliphatic hydroxyl groups excluding tert-OH is 1. The Morgan fingerprint density at radius 2 is 2.06 bits per heavy atom. The van der Waals surface area contributed by atoms with Crippen molar-refractivity contribution in [2.45, 2.75) is 52.2 Å². The largest absolute Gasteiger partial charge is 0.391 e. The van der Waals surface area contributed by atoms with Crippen molar-refractivity contribution in [1.29, 1.82) is 0 Å². The van der Waals surface area contributed by atoms with Crippen molar-refractivity contribution >= 4 is 0 Å². The highest BCUT2D eigenvalue weighted by Crippen LogP contribution is 2.41. The monoisotopic (exact) mass is 222 g/mol. The van der Waals surface area contributed by atoms with Gasteiger partial charge < -0.3 is 9.67 Å². The minimum Gasteiger partial charge on any atom is -0.391 e. The van der Waals surface area contributed by atoms with Crippen LogP contribution in [0.2, 0.25) is 0 Å². The Bertz CT molecular complexity index is 326. The van der Waals surface area contributed by atoms with Gasteiger partial charge in [-0.2, -0.15) is 0 Å². The molecule has 0 bridgehead atoms. The fourth-order valence-electron chi connectivity index (χ4n) is 2.70. The Hall–Kier alpha value is -0.830. The van der Waals surface area contributed by atoms with Gasteiger partial charge in [-0.3, -0.25) is 0 Å². The van der Waals surface area contributed by atoms with Gasteiger partial charge in [0.15, 0.2) is 0 Å². The molecule has 1 N–H and O–H groups in total. The van der Waals surface area contributed by atoms with E-state index < -0.39 is 0 Å². The van der Waals surface area contributed by atoms with Gasteiger partial charge in [0.2, 0.25) is 0 Å². The highest BCUT2D eigenvalue weighted by atomic mass is 16.3. The summed E-state index contributed by atoms with van der Waals surface area (Å²) in [5.41, 5.74) is 0.332. The molecule has 3 heteroatoms. The summed E-state index contributed by atoms with van der Waals surface area (Å²) in [5.74, 6) is 0.684. The molecule has 90 valence electrons. The van der Waals surface area contributed by atoms with Gasteiger partial charge in [-0.1, -0.05) is 20.8 Å². The van der Waals surface area contributed by atoms with E-state index in [0.717, 1.165) is 19.3 Å². The number of nitrogens with zero attached hydrogens (tertiary/aromatic N) is 2. The predicted molar refractivity (Wildman–Crippen MR) is 64.1 cm³/mol. The Balaban J connectivity index is 2.13. The number of aromatic nitrogens is 2. The average molecular weight is 222 g/mol. The minimum absolute atomic E-state index is 0.209. The molecule has 0 aliphatic heterocycles. The fourth-order valence-corrected chi connectivity index (χ4v) is 2.70. The molecule has 1 aliphatic rings. The van der Waals surface area contributed by atoms with Crippen LogP contribution in [-0.2, 0) is 0 Å². The van der Waals surface area contributed by atoms with Gasteiger partial charge in [0.1, 0.15) is 0 Å². The molecule has 0 saturated heterocycles. The maximum atomic E-state index is 10.1. The lowest BCUT2D eigenvalue weighted by molar-refractivity contribution is 0.0253. The van der Waals surface area contributed by atoms with Crippen LogP contribution >= 0.6 is 0 Å². The second kappa shape index (κ2) is 4.21. The summed E-state index contributed by atoms with van der Waals surface area (Å²) in [6.45, 7) is 6.88. The van der Waals surface area contributed by atoms with Gasteiger partial charge in [-0.05, 0) is 30.6 Å². The summed E-state index contributed by atoms with van der Waals surface area (Å²) in [6, 6.07) is 0.209. The van der Waals surface area contributed by atoms with E-state index in [1.807, 2.05) is 12.5 Å². The van der Waals surface area contributed by atoms with E-state index in [9.17, 15) is 5.11 Å². The fraction of sp³-hybridized carbons (Fsp3) is 0.769. The van der Waals surface area contributed by atoms with E-state index in [1.54, 1.807) is 6.20 Å². The molecule has 0 spiro atoms. The second-order valence-corrected chi connectivity index (χ2v) is 6.02. The van der Waals surface area contributed by atoms with Crippen LogP contribution in [0.25, 0.3) is 0 Å². The van der Waals surface area contributed by atoms with Crippen molar-refractivity contribution in [1.82, 2.24) is 9.55 Å². The van der Waals surface area contributed by atoms with Crippen LogP contribution in [-0.4, -0.2) is 20.8 Å². The molecule has 3 unspecified atom stereocenters. The van der Waals surface area contributed by atoms with Crippen LogP contribution in [0, 0.1) is 11.3 Å². The van der Waals surface area contributed by atoms with Gasteiger partial charge in [0.25, 0.3) is 0 Å². The van der Waals surface area contributed by atoms with E-state index in [2.05, 4.69) is 30.3 Å². The Morgan fingerprint density at radius 3 is 2.62 bits per heavy atom. The summed E-state index contributed by atoms with van der Waals surface area (Å²) in [4.78, 5) is 4.07. The quantitative estimate of drug-likeness (QED) is 0.793. The number of hydrogen-bond donors (Lipinski definition) is 1. The summed E-state index contributed by atoms with van der Waals surface area (Å²) >= 11 is 0. The molecule has 0 amide bonds. The second-order valence-electron chi connectivity index (χ2n) is 6.02. The average Bonchev–Trinajstić information content (AvgIpc) is 2.69. The van der Waals surface area contributed by atoms with Gasteiger partial charge in [0.05, 0.1) is 18.5 Å². The molecule has 1 aromatic heterocycles. The molecular weight excluding hydrogens is 200 g/mol. The van der Waals surface area contributed by atoms with Crippen LogP contribution in [0.1, 0.15) is 46.1 Å². The zero-order valence-electron chi connectivity index (χ0n) is 10.4. The van der Waals surface area contributed by atoms with Crippen molar-refractivity contribution in [3.05, 3.63) is 18.7 Å². The third-order valence-corrected chi connectivity index (χ3v) is 3.91. The molecule has 3 atom stereocenters. The molecule has 1 aromatic rings. The smallest absolute Gasteiger partial charge is 0.0949 e.